The molecule has 1 aliphatic rings. The van der Waals surface area contributed by atoms with Crippen LogP contribution in [-0.2, 0) is 6.54 Å². The lowest BCUT2D eigenvalue weighted by molar-refractivity contribution is -0.914. The van der Waals surface area contributed by atoms with Crippen LogP contribution in [0.2, 0.25) is 5.02 Å². The van der Waals surface area contributed by atoms with Crippen molar-refractivity contribution < 1.29 is 9.32 Å². The van der Waals surface area contributed by atoms with Gasteiger partial charge in [0.1, 0.15) is 12.1 Å². The number of anilines is 1. The molecule has 1 aromatic heterocycles. The largest absolute Gasteiger partial charge is 0.423 e. The summed E-state index contributed by atoms with van der Waals surface area (Å²) in [5, 5.41) is 1.86. The Bertz CT molecular complexity index is 1040. The molecule has 0 atom stereocenters. The number of quaternary nitrogens is 1. The van der Waals surface area contributed by atoms with Gasteiger partial charge >= 0.3 is 5.63 Å². The Kier molecular flexibility index (Phi) is 4.94. The first kappa shape index (κ1) is 18.1. The average Bonchev–Trinajstić information content (AvgIpc) is 2.61. The third-order valence-corrected chi connectivity index (χ3v) is 5.59. The van der Waals surface area contributed by atoms with Crippen LogP contribution in [0.1, 0.15) is 16.7 Å². The monoisotopic (exact) mass is 383 g/mol. The van der Waals surface area contributed by atoms with Crippen LogP contribution in [0, 0.1) is 13.8 Å². The number of hydrogen-bond acceptors (Lipinski definition) is 3. The summed E-state index contributed by atoms with van der Waals surface area (Å²) in [7, 11) is 0. The van der Waals surface area contributed by atoms with Gasteiger partial charge in [-0.05, 0) is 49.2 Å². The third kappa shape index (κ3) is 3.87. The highest BCUT2D eigenvalue weighted by atomic mass is 35.5. The first-order valence-electron chi connectivity index (χ1n) is 9.38. The molecule has 2 aromatic carbocycles. The molecule has 1 aliphatic heterocycles. The molecule has 0 saturated carbocycles. The van der Waals surface area contributed by atoms with Crippen LogP contribution in [-0.4, -0.2) is 26.2 Å². The summed E-state index contributed by atoms with van der Waals surface area (Å²) in [6, 6.07) is 13.8. The molecule has 1 N–H and O–H groups in total. The number of benzene rings is 2. The van der Waals surface area contributed by atoms with Crippen LogP contribution in [0.25, 0.3) is 11.0 Å². The van der Waals surface area contributed by atoms with Gasteiger partial charge in [-0.1, -0.05) is 23.7 Å². The van der Waals surface area contributed by atoms with E-state index in [1.807, 2.05) is 31.2 Å². The van der Waals surface area contributed by atoms with E-state index in [9.17, 15) is 4.79 Å². The van der Waals surface area contributed by atoms with Gasteiger partial charge in [0.2, 0.25) is 0 Å². The zero-order valence-electron chi connectivity index (χ0n) is 15.7. The highest BCUT2D eigenvalue weighted by Crippen LogP contribution is 2.23. The minimum atomic E-state index is -0.264. The number of fused-ring (bicyclic) bond motifs is 1. The van der Waals surface area contributed by atoms with Gasteiger partial charge in [-0.15, -0.1) is 0 Å². The quantitative estimate of drug-likeness (QED) is 0.706. The van der Waals surface area contributed by atoms with Gasteiger partial charge in [-0.2, -0.15) is 0 Å². The number of nitrogens with zero attached hydrogens (tertiary/aromatic N) is 1. The molecule has 0 radical (unpaired) electrons. The van der Waals surface area contributed by atoms with Crippen LogP contribution in [0.3, 0.4) is 0 Å². The Labute approximate surface area is 164 Å². The Hall–Kier alpha value is -2.30. The van der Waals surface area contributed by atoms with Crippen molar-refractivity contribution in [1.29, 1.82) is 0 Å². The number of aryl methyl sites for hydroxylation is 2. The van der Waals surface area contributed by atoms with Gasteiger partial charge in [-0.3, -0.25) is 0 Å². The zero-order valence-corrected chi connectivity index (χ0v) is 16.5. The molecule has 2 heterocycles. The molecule has 0 unspecified atom stereocenters. The minimum Gasteiger partial charge on any atom is -0.423 e. The summed E-state index contributed by atoms with van der Waals surface area (Å²) >= 11 is 6.13. The third-order valence-electron chi connectivity index (χ3n) is 5.35. The number of halogens is 1. The van der Waals surface area contributed by atoms with Gasteiger partial charge in [0.05, 0.1) is 26.2 Å². The summed E-state index contributed by atoms with van der Waals surface area (Å²) < 4.78 is 5.45. The van der Waals surface area contributed by atoms with E-state index >= 15 is 0 Å². The summed E-state index contributed by atoms with van der Waals surface area (Å²) in [5.74, 6) is 0. The molecule has 1 fully saturated rings. The van der Waals surface area contributed by atoms with Crippen molar-refractivity contribution in [3.63, 3.8) is 0 Å². The smallest absolute Gasteiger partial charge is 0.336 e. The van der Waals surface area contributed by atoms with E-state index in [1.54, 1.807) is 6.07 Å². The molecule has 4 nitrogen and oxygen atoms in total. The van der Waals surface area contributed by atoms with E-state index in [0.717, 1.165) is 54.3 Å². The van der Waals surface area contributed by atoms with Crippen molar-refractivity contribution in [2.24, 2.45) is 0 Å². The normalized spacial score (nSPS) is 15.4. The lowest BCUT2D eigenvalue weighted by Crippen LogP contribution is -3.13. The molecular weight excluding hydrogens is 360 g/mol. The molecule has 3 aromatic rings. The van der Waals surface area contributed by atoms with E-state index in [2.05, 4.69) is 24.0 Å². The Morgan fingerprint density at radius 1 is 1.11 bits per heavy atom. The SMILES string of the molecule is Cc1cc(C)c2c(C[NH+]3CCN(c4cccc(Cl)c4)CC3)cc(=O)oc2c1. The number of piperazine rings is 1. The second kappa shape index (κ2) is 7.37. The van der Waals surface area contributed by atoms with E-state index in [0.29, 0.717) is 5.58 Å². The predicted molar refractivity (Wildman–Crippen MR) is 110 cm³/mol. The van der Waals surface area contributed by atoms with Crippen molar-refractivity contribution >= 4 is 28.3 Å². The summed E-state index contributed by atoms with van der Waals surface area (Å²) in [6.07, 6.45) is 0. The van der Waals surface area contributed by atoms with Crippen LogP contribution in [0.4, 0.5) is 5.69 Å². The molecule has 0 aliphatic carbocycles. The lowest BCUT2D eigenvalue weighted by atomic mass is 10.0. The number of rotatable bonds is 3. The summed E-state index contributed by atoms with van der Waals surface area (Å²) in [5.41, 5.74) is 4.98. The van der Waals surface area contributed by atoms with Crippen LogP contribution in [0.5, 0.6) is 0 Å². The van der Waals surface area contributed by atoms with Gasteiger partial charge in [0.15, 0.2) is 0 Å². The number of hydrogen-bond donors (Lipinski definition) is 1. The van der Waals surface area contributed by atoms with E-state index in [-0.39, 0.29) is 5.63 Å². The maximum absolute atomic E-state index is 12.0. The standard InChI is InChI=1S/C22H23ClN2O2/c1-15-10-16(2)22-17(12-21(26)27-20(22)11-15)14-24-6-8-25(9-7-24)19-5-3-4-18(23)13-19/h3-5,10-13H,6-9,14H2,1-2H3/p+1. The van der Waals surface area contributed by atoms with Crippen molar-refractivity contribution in [3.05, 3.63) is 74.6 Å². The minimum absolute atomic E-state index is 0.264. The molecular formula is C22H24ClN2O2+. The van der Waals surface area contributed by atoms with E-state index in [1.165, 1.54) is 16.2 Å². The molecule has 0 amide bonds. The van der Waals surface area contributed by atoms with Gasteiger partial charge in [-0.25, -0.2) is 4.79 Å². The first-order valence-corrected chi connectivity index (χ1v) is 9.75. The van der Waals surface area contributed by atoms with Crippen molar-refractivity contribution in [2.45, 2.75) is 20.4 Å². The second-order valence-corrected chi connectivity index (χ2v) is 7.88. The molecule has 140 valence electrons. The average molecular weight is 384 g/mol. The molecule has 1 saturated heterocycles. The fourth-order valence-corrected chi connectivity index (χ4v) is 4.30. The van der Waals surface area contributed by atoms with E-state index < -0.39 is 0 Å². The highest BCUT2D eigenvalue weighted by molar-refractivity contribution is 6.30. The zero-order chi connectivity index (χ0) is 19.0. The molecule has 5 heteroatoms. The molecule has 4 rings (SSSR count). The van der Waals surface area contributed by atoms with Gasteiger partial charge in [0.25, 0.3) is 0 Å². The first-order chi connectivity index (χ1) is 13.0. The molecule has 0 bridgehead atoms. The van der Waals surface area contributed by atoms with Crippen molar-refractivity contribution in [3.8, 4) is 0 Å². The molecule has 0 spiro atoms. The fraction of sp³-hybridized carbons (Fsp3) is 0.318. The van der Waals surface area contributed by atoms with E-state index in [4.69, 9.17) is 16.0 Å². The summed E-state index contributed by atoms with van der Waals surface area (Å²) in [4.78, 5) is 15.9. The Morgan fingerprint density at radius 2 is 1.89 bits per heavy atom. The summed E-state index contributed by atoms with van der Waals surface area (Å²) in [6.45, 7) is 8.97. The van der Waals surface area contributed by atoms with Crippen molar-refractivity contribution in [2.75, 3.05) is 31.1 Å². The highest BCUT2D eigenvalue weighted by Gasteiger charge is 2.22. The Balaban J connectivity index is 1.53. The fourth-order valence-electron chi connectivity index (χ4n) is 4.11. The predicted octanol–water partition coefficient (Wildman–Crippen LogP) is 2.97. The van der Waals surface area contributed by atoms with Crippen LogP contribution in [0.15, 0.2) is 51.7 Å². The van der Waals surface area contributed by atoms with Crippen molar-refractivity contribution in [1.82, 2.24) is 0 Å². The van der Waals surface area contributed by atoms with Gasteiger partial charge < -0.3 is 14.2 Å². The van der Waals surface area contributed by atoms with Crippen LogP contribution >= 0.6 is 11.6 Å². The Morgan fingerprint density at radius 3 is 2.63 bits per heavy atom. The second-order valence-electron chi connectivity index (χ2n) is 7.44. The lowest BCUT2D eigenvalue weighted by Gasteiger charge is -2.34. The topological polar surface area (TPSA) is 37.9 Å². The number of nitrogens with one attached hydrogen (secondary N) is 1. The molecule has 27 heavy (non-hydrogen) atoms. The maximum Gasteiger partial charge on any atom is 0.336 e. The van der Waals surface area contributed by atoms with Gasteiger partial charge in [0, 0.05) is 27.7 Å². The van der Waals surface area contributed by atoms with Crippen LogP contribution < -0.4 is 15.4 Å². The maximum atomic E-state index is 12.0.